The van der Waals surface area contributed by atoms with Crippen LogP contribution in [0.4, 0.5) is 10.5 Å². The molecule has 1 aromatic rings. The van der Waals surface area contributed by atoms with E-state index in [9.17, 15) is 9.90 Å². The second-order valence-corrected chi connectivity index (χ2v) is 4.86. The zero-order chi connectivity index (χ0) is 13.6. The van der Waals surface area contributed by atoms with Gasteiger partial charge < -0.3 is 15.3 Å². The number of benzene rings is 1. The second-order valence-electron chi connectivity index (χ2n) is 4.86. The zero-order valence-electron chi connectivity index (χ0n) is 10.7. The number of azo groups is 1. The Hall–Kier alpha value is -2.21. The first kappa shape index (κ1) is 11.9. The number of anilines is 1. The van der Waals surface area contributed by atoms with Crippen molar-refractivity contribution in [1.29, 1.82) is 0 Å². The Morgan fingerprint density at radius 1 is 1.47 bits per heavy atom. The molecule has 1 atom stereocenters. The maximum Gasteiger partial charge on any atom is 0.321 e. The highest BCUT2D eigenvalue weighted by molar-refractivity contribution is 5.92. The Balaban J connectivity index is 2.03. The SMILES string of the molecule is CC1=CN=NC1(O)c1ccc2c(c1)CN(C)C(=O)N2. The predicted molar refractivity (Wildman–Crippen MR) is 69.4 cm³/mol. The Labute approximate surface area is 110 Å². The monoisotopic (exact) mass is 258 g/mol. The van der Waals surface area contributed by atoms with Crippen LogP contribution in [0.3, 0.4) is 0 Å². The summed E-state index contributed by atoms with van der Waals surface area (Å²) < 4.78 is 0. The number of nitrogens with zero attached hydrogens (tertiary/aromatic N) is 3. The normalized spacial score (nSPS) is 25.1. The molecule has 0 bridgehead atoms. The summed E-state index contributed by atoms with van der Waals surface area (Å²) in [5, 5.41) is 21.0. The average molecular weight is 258 g/mol. The molecule has 6 nitrogen and oxygen atoms in total. The second kappa shape index (κ2) is 3.89. The van der Waals surface area contributed by atoms with Crippen LogP contribution < -0.4 is 5.32 Å². The van der Waals surface area contributed by atoms with Crippen molar-refractivity contribution in [2.24, 2.45) is 10.2 Å². The molecule has 2 amide bonds. The van der Waals surface area contributed by atoms with Crippen LogP contribution in [0.2, 0.25) is 0 Å². The molecular weight excluding hydrogens is 244 g/mol. The summed E-state index contributed by atoms with van der Waals surface area (Å²) in [7, 11) is 1.72. The lowest BCUT2D eigenvalue weighted by atomic mass is 9.94. The first-order valence-corrected chi connectivity index (χ1v) is 5.98. The van der Waals surface area contributed by atoms with Gasteiger partial charge in [0.15, 0.2) is 0 Å². The van der Waals surface area contributed by atoms with E-state index in [0.717, 1.165) is 11.3 Å². The molecule has 98 valence electrons. The topological polar surface area (TPSA) is 77.3 Å². The number of hydrogen-bond donors (Lipinski definition) is 2. The first-order valence-electron chi connectivity index (χ1n) is 5.98. The van der Waals surface area contributed by atoms with E-state index in [2.05, 4.69) is 15.5 Å². The van der Waals surface area contributed by atoms with Crippen molar-refractivity contribution in [3.05, 3.63) is 41.1 Å². The van der Waals surface area contributed by atoms with Gasteiger partial charge in [0, 0.05) is 30.4 Å². The van der Waals surface area contributed by atoms with Gasteiger partial charge in [-0.1, -0.05) is 6.07 Å². The summed E-state index contributed by atoms with van der Waals surface area (Å²) in [6, 6.07) is 5.27. The smallest absolute Gasteiger partial charge is 0.321 e. The van der Waals surface area contributed by atoms with E-state index in [1.807, 2.05) is 6.07 Å². The predicted octanol–water partition coefficient (Wildman–Crippen LogP) is 2.18. The van der Waals surface area contributed by atoms with E-state index in [1.54, 1.807) is 37.2 Å². The minimum atomic E-state index is -1.38. The van der Waals surface area contributed by atoms with Crippen LogP contribution in [0.25, 0.3) is 0 Å². The highest BCUT2D eigenvalue weighted by Gasteiger charge is 2.35. The minimum absolute atomic E-state index is 0.129. The molecule has 2 aliphatic heterocycles. The molecule has 0 aromatic heterocycles. The largest absolute Gasteiger partial charge is 0.361 e. The van der Waals surface area contributed by atoms with Crippen molar-refractivity contribution in [2.45, 2.75) is 19.2 Å². The fourth-order valence-electron chi connectivity index (χ4n) is 2.25. The summed E-state index contributed by atoms with van der Waals surface area (Å²) in [5.74, 6) is 0. The maximum absolute atomic E-state index is 11.5. The first-order chi connectivity index (χ1) is 9.00. The molecule has 0 radical (unpaired) electrons. The summed E-state index contributed by atoms with van der Waals surface area (Å²) in [5.41, 5.74) is 1.68. The van der Waals surface area contributed by atoms with Gasteiger partial charge in [0.25, 0.3) is 0 Å². The standard InChI is InChI=1S/C13H14N4O2/c1-8-6-14-16-13(8,19)10-3-4-11-9(5-10)7-17(2)12(18)15-11/h3-6,19H,7H2,1-2H3,(H,15,18). The fraction of sp³-hybridized carbons (Fsp3) is 0.308. The summed E-state index contributed by atoms with van der Waals surface area (Å²) in [6.07, 6.45) is 1.55. The molecule has 1 aromatic carbocycles. The van der Waals surface area contributed by atoms with Crippen LogP contribution in [-0.2, 0) is 12.3 Å². The van der Waals surface area contributed by atoms with E-state index in [1.165, 1.54) is 0 Å². The third kappa shape index (κ3) is 1.72. The third-order valence-corrected chi connectivity index (χ3v) is 3.51. The van der Waals surface area contributed by atoms with Crippen LogP contribution in [0.5, 0.6) is 0 Å². The van der Waals surface area contributed by atoms with Crippen LogP contribution in [0.15, 0.2) is 40.2 Å². The number of rotatable bonds is 1. The fourth-order valence-corrected chi connectivity index (χ4v) is 2.25. The molecule has 0 saturated carbocycles. The van der Waals surface area contributed by atoms with Crippen LogP contribution in [0, 0.1) is 0 Å². The minimum Gasteiger partial charge on any atom is -0.361 e. The van der Waals surface area contributed by atoms with Crippen LogP contribution in [-0.4, -0.2) is 23.1 Å². The van der Waals surface area contributed by atoms with Gasteiger partial charge in [-0.15, -0.1) is 5.11 Å². The zero-order valence-corrected chi connectivity index (χ0v) is 10.7. The van der Waals surface area contributed by atoms with Gasteiger partial charge in [-0.25, -0.2) is 4.79 Å². The number of hydrogen-bond acceptors (Lipinski definition) is 4. The molecule has 0 saturated heterocycles. The number of nitrogens with one attached hydrogen (secondary N) is 1. The number of amides is 2. The van der Waals surface area contributed by atoms with E-state index < -0.39 is 5.72 Å². The molecule has 2 aliphatic rings. The van der Waals surface area contributed by atoms with Crippen LogP contribution >= 0.6 is 0 Å². The van der Waals surface area contributed by atoms with Crippen molar-refractivity contribution < 1.29 is 9.90 Å². The van der Waals surface area contributed by atoms with Gasteiger partial charge in [-0.05, 0) is 24.6 Å². The van der Waals surface area contributed by atoms with Gasteiger partial charge in [0.05, 0.1) is 6.20 Å². The third-order valence-electron chi connectivity index (χ3n) is 3.51. The molecule has 1 unspecified atom stereocenters. The number of aliphatic hydroxyl groups is 1. The quantitative estimate of drug-likeness (QED) is 0.809. The van der Waals surface area contributed by atoms with Gasteiger partial charge in [-0.3, -0.25) is 0 Å². The molecule has 19 heavy (non-hydrogen) atoms. The molecule has 2 N–H and O–H groups in total. The Kier molecular flexibility index (Phi) is 2.43. The molecule has 0 aliphatic carbocycles. The number of fused-ring (bicyclic) bond motifs is 1. The van der Waals surface area contributed by atoms with E-state index in [0.29, 0.717) is 17.7 Å². The summed E-state index contributed by atoms with van der Waals surface area (Å²) >= 11 is 0. The van der Waals surface area contributed by atoms with E-state index in [-0.39, 0.29) is 6.03 Å². The Morgan fingerprint density at radius 3 is 2.95 bits per heavy atom. The van der Waals surface area contributed by atoms with E-state index >= 15 is 0 Å². The lowest BCUT2D eigenvalue weighted by Crippen LogP contribution is -2.35. The Bertz CT molecular complexity index is 623. The van der Waals surface area contributed by atoms with Gasteiger partial charge >= 0.3 is 6.03 Å². The van der Waals surface area contributed by atoms with Gasteiger partial charge in [-0.2, -0.15) is 5.11 Å². The van der Waals surface area contributed by atoms with Crippen LogP contribution in [0.1, 0.15) is 18.1 Å². The molecule has 0 spiro atoms. The molecule has 0 fully saturated rings. The van der Waals surface area contributed by atoms with E-state index in [4.69, 9.17) is 0 Å². The van der Waals surface area contributed by atoms with Gasteiger partial charge in [0.2, 0.25) is 5.72 Å². The summed E-state index contributed by atoms with van der Waals surface area (Å²) in [6.45, 7) is 2.29. The number of urea groups is 1. The molecule has 3 rings (SSSR count). The Morgan fingerprint density at radius 2 is 2.26 bits per heavy atom. The molecule has 6 heteroatoms. The van der Waals surface area contributed by atoms with Gasteiger partial charge in [0.1, 0.15) is 0 Å². The van der Waals surface area contributed by atoms with Crippen molar-refractivity contribution >= 4 is 11.7 Å². The lowest BCUT2D eigenvalue weighted by molar-refractivity contribution is 0.0852. The van der Waals surface area contributed by atoms with Crippen molar-refractivity contribution in [2.75, 3.05) is 12.4 Å². The maximum atomic E-state index is 11.5. The average Bonchev–Trinajstić information content (AvgIpc) is 2.72. The van der Waals surface area contributed by atoms with Crippen molar-refractivity contribution in [3.63, 3.8) is 0 Å². The number of carbonyl (C=O) groups is 1. The highest BCUT2D eigenvalue weighted by Crippen LogP contribution is 2.37. The molecule has 2 heterocycles. The van der Waals surface area contributed by atoms with Crippen molar-refractivity contribution in [3.8, 4) is 0 Å². The molecular formula is C13H14N4O2. The highest BCUT2D eigenvalue weighted by atomic mass is 16.3. The lowest BCUT2D eigenvalue weighted by Gasteiger charge is -2.28. The summed E-state index contributed by atoms with van der Waals surface area (Å²) in [4.78, 5) is 13.1. The van der Waals surface area contributed by atoms with Crippen molar-refractivity contribution in [1.82, 2.24) is 4.90 Å². The number of carbonyl (C=O) groups excluding carboxylic acids is 1.